The molecular weight excluding hydrogens is 210 g/mol. The second-order valence-corrected chi connectivity index (χ2v) is 4.54. The van der Waals surface area contributed by atoms with Crippen molar-refractivity contribution in [3.63, 3.8) is 0 Å². The lowest BCUT2D eigenvalue weighted by atomic mass is 10.0. The molecule has 0 aromatic carbocycles. The Kier molecular flexibility index (Phi) is 3.56. The van der Waals surface area contributed by atoms with Crippen molar-refractivity contribution < 1.29 is 5.11 Å². The van der Waals surface area contributed by atoms with Gasteiger partial charge in [0.05, 0.1) is 6.61 Å². The minimum Gasteiger partial charge on any atom is -0.395 e. The molecule has 5 heteroatoms. The lowest BCUT2D eigenvalue weighted by Gasteiger charge is -2.21. The molecule has 0 amide bonds. The van der Waals surface area contributed by atoms with E-state index < -0.39 is 0 Å². The first kappa shape index (κ1) is 10.9. The molecule has 0 saturated heterocycles. The third-order valence-corrected chi connectivity index (χ3v) is 3.25. The van der Waals surface area contributed by atoms with Gasteiger partial charge in [-0.25, -0.2) is 5.43 Å². The van der Waals surface area contributed by atoms with Crippen molar-refractivity contribution in [2.45, 2.75) is 18.9 Å². The van der Waals surface area contributed by atoms with E-state index in [1.54, 1.807) is 0 Å². The summed E-state index contributed by atoms with van der Waals surface area (Å²) in [5.41, 5.74) is 5.69. The number of nitrogens with one attached hydrogen (secondary N) is 3. The van der Waals surface area contributed by atoms with Crippen LogP contribution in [0.5, 0.6) is 0 Å². The normalized spacial score (nSPS) is 31.9. The van der Waals surface area contributed by atoms with Crippen LogP contribution in [0.15, 0.2) is 12.2 Å². The highest BCUT2D eigenvalue weighted by atomic mass is 32.1. The highest BCUT2D eigenvalue weighted by molar-refractivity contribution is 7.80. The number of hydrogen-bond donors (Lipinski definition) is 4. The molecular formula is C10H17N3OS. The quantitative estimate of drug-likeness (QED) is 0.234. The van der Waals surface area contributed by atoms with Crippen LogP contribution in [0, 0.1) is 11.8 Å². The first-order valence-corrected chi connectivity index (χ1v) is 5.79. The van der Waals surface area contributed by atoms with Crippen molar-refractivity contribution in [3.8, 4) is 0 Å². The number of hydrogen-bond acceptors (Lipinski definition) is 3. The van der Waals surface area contributed by atoms with Crippen LogP contribution < -0.4 is 16.2 Å². The fourth-order valence-electron chi connectivity index (χ4n) is 2.35. The topological polar surface area (TPSA) is 56.3 Å². The second kappa shape index (κ2) is 4.92. The number of aliphatic hydroxyl groups is 1. The average molecular weight is 227 g/mol. The van der Waals surface area contributed by atoms with Gasteiger partial charge < -0.3 is 10.4 Å². The monoisotopic (exact) mass is 227 g/mol. The first-order valence-electron chi connectivity index (χ1n) is 5.38. The molecule has 4 N–H and O–H groups in total. The van der Waals surface area contributed by atoms with Gasteiger partial charge >= 0.3 is 0 Å². The minimum absolute atomic E-state index is 0.104. The van der Waals surface area contributed by atoms with Gasteiger partial charge in [0, 0.05) is 12.6 Å². The number of rotatable bonds is 4. The Hall–Kier alpha value is -0.650. The van der Waals surface area contributed by atoms with Crippen LogP contribution >= 0.6 is 12.2 Å². The van der Waals surface area contributed by atoms with Gasteiger partial charge in [-0.2, -0.15) is 0 Å². The molecule has 3 atom stereocenters. The summed E-state index contributed by atoms with van der Waals surface area (Å²) in [6.07, 6.45) is 7.05. The molecule has 1 fully saturated rings. The smallest absolute Gasteiger partial charge is 0.181 e. The molecule has 15 heavy (non-hydrogen) atoms. The Balaban J connectivity index is 1.69. The number of fused-ring (bicyclic) bond motifs is 2. The van der Waals surface area contributed by atoms with Gasteiger partial charge in [0.15, 0.2) is 5.11 Å². The predicted molar refractivity (Wildman–Crippen MR) is 63.1 cm³/mol. The molecule has 4 nitrogen and oxygen atoms in total. The Morgan fingerprint density at radius 3 is 2.87 bits per heavy atom. The van der Waals surface area contributed by atoms with Crippen molar-refractivity contribution >= 4 is 17.3 Å². The number of thiocarbonyl (C=S) groups is 1. The fraction of sp³-hybridized carbons (Fsp3) is 0.700. The SMILES string of the molecule is OCCNNC(=S)N[C@@H]1C[C@@H]2C=C[C@H]1C2. The molecule has 2 aliphatic rings. The molecule has 0 unspecified atom stereocenters. The van der Waals surface area contributed by atoms with E-state index >= 15 is 0 Å². The molecule has 0 aliphatic heterocycles. The number of hydrazine groups is 1. The summed E-state index contributed by atoms with van der Waals surface area (Å²) in [5, 5.41) is 12.5. The van der Waals surface area contributed by atoms with Crippen molar-refractivity contribution in [2.24, 2.45) is 11.8 Å². The zero-order chi connectivity index (χ0) is 10.7. The standard InChI is InChI=1S/C10H17N3OS/c14-4-3-11-13-10(15)12-9-6-7-1-2-8(9)5-7/h1-2,7-9,11,14H,3-6H2,(H2,12,13,15)/t7-,8+,9-/m1/s1. The molecule has 0 aromatic heterocycles. The van der Waals surface area contributed by atoms with Crippen molar-refractivity contribution in [1.29, 1.82) is 0 Å². The summed E-state index contributed by atoms with van der Waals surface area (Å²) in [5.74, 6) is 1.40. The van der Waals surface area contributed by atoms with Crippen LogP contribution in [-0.4, -0.2) is 29.4 Å². The van der Waals surface area contributed by atoms with Crippen LogP contribution in [0.1, 0.15) is 12.8 Å². The fourth-order valence-corrected chi connectivity index (χ4v) is 2.57. The molecule has 0 spiro atoms. The molecule has 0 radical (unpaired) electrons. The van der Waals surface area contributed by atoms with E-state index in [9.17, 15) is 0 Å². The third kappa shape index (κ3) is 2.68. The molecule has 0 aromatic rings. The Morgan fingerprint density at radius 2 is 2.27 bits per heavy atom. The van der Waals surface area contributed by atoms with E-state index in [1.165, 1.54) is 12.8 Å². The average Bonchev–Trinajstić information content (AvgIpc) is 2.79. The van der Waals surface area contributed by atoms with Gasteiger partial charge in [-0.15, -0.1) is 0 Å². The lowest BCUT2D eigenvalue weighted by molar-refractivity contribution is 0.289. The van der Waals surface area contributed by atoms with Gasteiger partial charge in [0.2, 0.25) is 0 Å². The second-order valence-electron chi connectivity index (χ2n) is 4.14. The van der Waals surface area contributed by atoms with Crippen molar-refractivity contribution in [2.75, 3.05) is 13.2 Å². The largest absolute Gasteiger partial charge is 0.395 e. The Bertz CT molecular complexity index is 269. The van der Waals surface area contributed by atoms with Gasteiger partial charge in [-0.3, -0.25) is 5.43 Å². The van der Waals surface area contributed by atoms with E-state index in [0.29, 0.717) is 23.6 Å². The maximum absolute atomic E-state index is 8.57. The Morgan fingerprint density at radius 1 is 1.40 bits per heavy atom. The Labute approximate surface area is 95.1 Å². The van der Waals surface area contributed by atoms with E-state index in [-0.39, 0.29) is 6.61 Å². The van der Waals surface area contributed by atoms with E-state index in [2.05, 4.69) is 28.3 Å². The lowest BCUT2D eigenvalue weighted by Crippen LogP contribution is -2.49. The highest BCUT2D eigenvalue weighted by Crippen LogP contribution is 2.38. The van der Waals surface area contributed by atoms with Crippen LogP contribution in [0.25, 0.3) is 0 Å². The van der Waals surface area contributed by atoms with E-state index in [4.69, 9.17) is 17.3 Å². The zero-order valence-electron chi connectivity index (χ0n) is 8.57. The number of allylic oxidation sites excluding steroid dienone is 1. The molecule has 2 bridgehead atoms. The van der Waals surface area contributed by atoms with Crippen LogP contribution in [0.2, 0.25) is 0 Å². The number of aliphatic hydroxyl groups excluding tert-OH is 1. The minimum atomic E-state index is 0.104. The summed E-state index contributed by atoms with van der Waals surface area (Å²) in [7, 11) is 0. The summed E-state index contributed by atoms with van der Waals surface area (Å²) in [6, 6.07) is 0.482. The van der Waals surface area contributed by atoms with Gasteiger partial charge in [-0.1, -0.05) is 12.2 Å². The maximum atomic E-state index is 8.57. The van der Waals surface area contributed by atoms with Crippen molar-refractivity contribution in [3.05, 3.63) is 12.2 Å². The zero-order valence-corrected chi connectivity index (χ0v) is 9.39. The maximum Gasteiger partial charge on any atom is 0.181 e. The highest BCUT2D eigenvalue weighted by Gasteiger charge is 2.35. The van der Waals surface area contributed by atoms with E-state index in [1.807, 2.05) is 0 Å². The summed E-state index contributed by atoms with van der Waals surface area (Å²) in [6.45, 7) is 0.602. The van der Waals surface area contributed by atoms with Gasteiger partial charge in [0.25, 0.3) is 0 Å². The molecule has 84 valence electrons. The van der Waals surface area contributed by atoms with Crippen LogP contribution in [-0.2, 0) is 0 Å². The van der Waals surface area contributed by atoms with Gasteiger partial charge in [0.1, 0.15) is 0 Å². The third-order valence-electron chi connectivity index (χ3n) is 3.03. The van der Waals surface area contributed by atoms with Crippen LogP contribution in [0.3, 0.4) is 0 Å². The van der Waals surface area contributed by atoms with E-state index in [0.717, 1.165) is 5.92 Å². The molecule has 1 saturated carbocycles. The van der Waals surface area contributed by atoms with Gasteiger partial charge in [-0.05, 0) is 36.9 Å². The van der Waals surface area contributed by atoms with Crippen LogP contribution in [0.4, 0.5) is 0 Å². The molecule has 0 heterocycles. The first-order chi connectivity index (χ1) is 7.29. The predicted octanol–water partition coefficient (Wildman–Crippen LogP) is -0.0880. The summed E-state index contributed by atoms with van der Waals surface area (Å²) >= 11 is 5.13. The summed E-state index contributed by atoms with van der Waals surface area (Å²) in [4.78, 5) is 0. The van der Waals surface area contributed by atoms with Crippen molar-refractivity contribution in [1.82, 2.24) is 16.2 Å². The molecule has 2 rings (SSSR count). The molecule has 2 aliphatic carbocycles. The summed E-state index contributed by atoms with van der Waals surface area (Å²) < 4.78 is 0.